The average molecular weight is 410 g/mol. The second-order valence-corrected chi connectivity index (χ2v) is 8.76. The topological polar surface area (TPSA) is 55.8 Å². The predicted molar refractivity (Wildman–Crippen MR) is 117 cm³/mol. The van der Waals surface area contributed by atoms with Crippen LogP contribution in [0, 0.1) is 6.92 Å². The number of esters is 1. The van der Waals surface area contributed by atoms with Gasteiger partial charge in [0.15, 0.2) is 5.78 Å². The molecule has 0 radical (unpaired) electrons. The molecule has 2 aromatic rings. The summed E-state index contributed by atoms with van der Waals surface area (Å²) in [7, 11) is 0. The average Bonchev–Trinajstić information content (AvgIpc) is 2.71. The summed E-state index contributed by atoms with van der Waals surface area (Å²) in [6, 6.07) is 15.3. The number of carbonyl (C=O) groups is 2. The first kappa shape index (κ1) is 22.2. The van der Waals surface area contributed by atoms with Gasteiger partial charge in [-0.1, -0.05) is 48.5 Å². The lowest BCUT2D eigenvalue weighted by molar-refractivity contribution is -0.155. The van der Waals surface area contributed by atoms with Crippen molar-refractivity contribution in [3.8, 4) is 0 Å². The zero-order valence-electron chi connectivity index (χ0n) is 18.3. The van der Waals surface area contributed by atoms with Gasteiger partial charge in [0.05, 0.1) is 19.1 Å². The third-order valence-electron chi connectivity index (χ3n) is 5.14. The van der Waals surface area contributed by atoms with E-state index in [-0.39, 0.29) is 17.9 Å². The zero-order valence-corrected chi connectivity index (χ0v) is 18.3. The second-order valence-electron chi connectivity index (χ2n) is 8.76. The first-order valence-corrected chi connectivity index (χ1v) is 10.5. The van der Waals surface area contributed by atoms with Gasteiger partial charge in [0.1, 0.15) is 5.60 Å². The van der Waals surface area contributed by atoms with Gasteiger partial charge < -0.3 is 9.47 Å². The molecule has 0 amide bonds. The van der Waals surface area contributed by atoms with E-state index in [1.807, 2.05) is 76.2 Å². The van der Waals surface area contributed by atoms with Crippen molar-refractivity contribution in [3.63, 3.8) is 0 Å². The van der Waals surface area contributed by atoms with Crippen LogP contribution in [0.5, 0.6) is 0 Å². The largest absolute Gasteiger partial charge is 0.460 e. The Morgan fingerprint density at radius 1 is 1.10 bits per heavy atom. The van der Waals surface area contributed by atoms with Crippen molar-refractivity contribution >= 4 is 11.8 Å². The maximum atomic E-state index is 12.8. The maximum absolute atomic E-state index is 12.8. The van der Waals surface area contributed by atoms with E-state index in [2.05, 4.69) is 4.90 Å². The van der Waals surface area contributed by atoms with E-state index in [0.717, 1.165) is 23.2 Å². The summed E-state index contributed by atoms with van der Waals surface area (Å²) in [4.78, 5) is 27.0. The Labute approximate surface area is 179 Å². The fourth-order valence-electron chi connectivity index (χ4n) is 3.58. The predicted octanol–water partition coefficient (Wildman–Crippen LogP) is 4.33. The third kappa shape index (κ3) is 6.00. The van der Waals surface area contributed by atoms with E-state index in [9.17, 15) is 9.59 Å². The number of hydrogen-bond donors (Lipinski definition) is 0. The van der Waals surface area contributed by atoms with Gasteiger partial charge in [-0.05, 0) is 38.8 Å². The van der Waals surface area contributed by atoms with Crippen molar-refractivity contribution in [1.82, 2.24) is 4.90 Å². The van der Waals surface area contributed by atoms with E-state index in [4.69, 9.17) is 9.47 Å². The van der Waals surface area contributed by atoms with Crippen molar-refractivity contribution in [2.75, 3.05) is 26.2 Å². The molecule has 1 aliphatic heterocycles. The lowest BCUT2D eigenvalue weighted by Gasteiger charge is -2.33. The minimum absolute atomic E-state index is 0.0307. The SMILES string of the molecule is Cc1ccccc1C(=O)c1ccc(C2CN(CCC(=O)OC(C)(C)C)CCO2)cc1. The number of ketones is 1. The van der Waals surface area contributed by atoms with Crippen molar-refractivity contribution < 1.29 is 19.1 Å². The molecule has 0 N–H and O–H groups in total. The molecule has 1 heterocycles. The van der Waals surface area contributed by atoms with Gasteiger partial charge in [-0.25, -0.2) is 0 Å². The van der Waals surface area contributed by atoms with Gasteiger partial charge in [-0.3, -0.25) is 14.5 Å². The fourth-order valence-corrected chi connectivity index (χ4v) is 3.58. The quantitative estimate of drug-likeness (QED) is 0.525. The minimum Gasteiger partial charge on any atom is -0.460 e. The van der Waals surface area contributed by atoms with E-state index >= 15 is 0 Å². The van der Waals surface area contributed by atoms with Crippen LogP contribution in [-0.2, 0) is 14.3 Å². The summed E-state index contributed by atoms with van der Waals surface area (Å²) in [6.45, 7) is 10.4. The van der Waals surface area contributed by atoms with E-state index in [0.29, 0.717) is 31.7 Å². The standard InChI is InChI=1S/C25H31NO4/c1-18-7-5-6-8-21(18)24(28)20-11-9-19(10-12-20)22-17-26(15-16-29-22)14-13-23(27)30-25(2,3)4/h5-12,22H,13-17H2,1-4H3. The number of hydrogen-bond acceptors (Lipinski definition) is 5. The minimum atomic E-state index is -0.456. The molecule has 0 bridgehead atoms. The van der Waals surface area contributed by atoms with Crippen molar-refractivity contribution in [3.05, 3.63) is 70.8 Å². The van der Waals surface area contributed by atoms with Crippen LogP contribution in [0.25, 0.3) is 0 Å². The number of rotatable bonds is 6. The summed E-state index contributed by atoms with van der Waals surface area (Å²) in [5.74, 6) is -0.146. The normalized spacial score (nSPS) is 17.5. The first-order chi connectivity index (χ1) is 14.2. The Hall–Kier alpha value is -2.50. The molecular formula is C25H31NO4. The molecule has 0 spiro atoms. The van der Waals surface area contributed by atoms with Gasteiger partial charge in [0.25, 0.3) is 0 Å². The number of carbonyl (C=O) groups excluding carboxylic acids is 2. The van der Waals surface area contributed by atoms with Crippen LogP contribution in [0.15, 0.2) is 48.5 Å². The molecule has 0 aliphatic carbocycles. The lowest BCUT2D eigenvalue weighted by Crippen LogP contribution is -2.40. The van der Waals surface area contributed by atoms with Gasteiger partial charge in [-0.2, -0.15) is 0 Å². The highest BCUT2D eigenvalue weighted by Crippen LogP contribution is 2.24. The lowest BCUT2D eigenvalue weighted by atomic mass is 9.97. The van der Waals surface area contributed by atoms with Gasteiger partial charge in [0, 0.05) is 30.8 Å². The van der Waals surface area contributed by atoms with Crippen molar-refractivity contribution in [1.29, 1.82) is 0 Å². The molecule has 0 saturated carbocycles. The molecule has 1 unspecified atom stereocenters. The van der Waals surface area contributed by atoms with Crippen molar-refractivity contribution in [2.24, 2.45) is 0 Å². The molecule has 3 rings (SSSR count). The van der Waals surface area contributed by atoms with Crippen LogP contribution in [0.3, 0.4) is 0 Å². The molecular weight excluding hydrogens is 378 g/mol. The van der Waals surface area contributed by atoms with Gasteiger partial charge in [0.2, 0.25) is 0 Å². The summed E-state index contributed by atoms with van der Waals surface area (Å²) in [5, 5.41) is 0. The van der Waals surface area contributed by atoms with E-state index in [1.165, 1.54) is 0 Å². The second kappa shape index (κ2) is 9.54. The Bertz CT molecular complexity index is 883. The highest BCUT2D eigenvalue weighted by molar-refractivity contribution is 6.09. The molecule has 1 fully saturated rings. The van der Waals surface area contributed by atoms with Crippen LogP contribution < -0.4 is 0 Å². The number of aryl methyl sites for hydroxylation is 1. The summed E-state index contributed by atoms with van der Waals surface area (Å²) >= 11 is 0. The maximum Gasteiger partial charge on any atom is 0.307 e. The molecule has 5 heteroatoms. The molecule has 30 heavy (non-hydrogen) atoms. The van der Waals surface area contributed by atoms with Crippen LogP contribution in [0.2, 0.25) is 0 Å². The molecule has 1 atom stereocenters. The van der Waals surface area contributed by atoms with E-state index in [1.54, 1.807) is 0 Å². The Morgan fingerprint density at radius 3 is 2.47 bits per heavy atom. The molecule has 5 nitrogen and oxygen atoms in total. The van der Waals surface area contributed by atoms with Crippen LogP contribution in [0.4, 0.5) is 0 Å². The fraction of sp³-hybridized carbons (Fsp3) is 0.440. The monoisotopic (exact) mass is 409 g/mol. The van der Waals surface area contributed by atoms with E-state index < -0.39 is 5.60 Å². The molecule has 1 saturated heterocycles. The number of benzene rings is 2. The zero-order chi connectivity index (χ0) is 21.7. The highest BCUT2D eigenvalue weighted by atomic mass is 16.6. The molecule has 0 aromatic heterocycles. The van der Waals surface area contributed by atoms with Gasteiger partial charge in [-0.15, -0.1) is 0 Å². The molecule has 160 valence electrons. The first-order valence-electron chi connectivity index (χ1n) is 10.5. The van der Waals surface area contributed by atoms with Crippen LogP contribution >= 0.6 is 0 Å². The third-order valence-corrected chi connectivity index (χ3v) is 5.14. The molecule has 2 aromatic carbocycles. The molecule has 1 aliphatic rings. The van der Waals surface area contributed by atoms with Crippen molar-refractivity contribution in [2.45, 2.75) is 45.8 Å². The highest BCUT2D eigenvalue weighted by Gasteiger charge is 2.24. The number of nitrogens with zero attached hydrogens (tertiary/aromatic N) is 1. The summed E-state index contributed by atoms with van der Waals surface area (Å²) in [6.07, 6.45) is 0.299. The Morgan fingerprint density at radius 2 is 1.80 bits per heavy atom. The van der Waals surface area contributed by atoms with Crippen LogP contribution in [-0.4, -0.2) is 48.5 Å². The Kier molecular flexibility index (Phi) is 7.06. The Balaban J connectivity index is 1.59. The summed E-state index contributed by atoms with van der Waals surface area (Å²) in [5.41, 5.74) is 2.96. The summed E-state index contributed by atoms with van der Waals surface area (Å²) < 4.78 is 11.3. The van der Waals surface area contributed by atoms with Crippen LogP contribution in [0.1, 0.15) is 60.3 Å². The number of ether oxygens (including phenoxy) is 2. The number of morpholine rings is 1. The smallest absolute Gasteiger partial charge is 0.307 e. The van der Waals surface area contributed by atoms with Gasteiger partial charge >= 0.3 is 5.97 Å².